The largest absolute Gasteiger partial charge is 0.267 e. The van der Waals surface area contributed by atoms with Gasteiger partial charge >= 0.3 is 0 Å². The second-order valence-corrected chi connectivity index (χ2v) is 10.4. The number of thioether (sulfide) groups is 1. The Bertz CT molecular complexity index is 1120. The average molecular weight is 429 g/mol. The molecule has 0 amide bonds. The number of aryl methyl sites for hydroxylation is 2. The summed E-state index contributed by atoms with van der Waals surface area (Å²) in [5.74, 6) is 0.709. The van der Waals surface area contributed by atoms with E-state index in [0.717, 1.165) is 44.5 Å². The maximum absolute atomic E-state index is 12.1. The molecule has 0 saturated heterocycles. The first-order valence-corrected chi connectivity index (χ1v) is 12.3. The first-order valence-electron chi connectivity index (χ1n) is 9.47. The van der Waals surface area contributed by atoms with Gasteiger partial charge in [0.1, 0.15) is 0 Å². The number of aliphatic imine (C=N–C) groups is 1. The lowest BCUT2D eigenvalue weighted by Gasteiger charge is -2.22. The van der Waals surface area contributed by atoms with Crippen LogP contribution in [-0.2, 0) is 16.4 Å². The minimum atomic E-state index is -3.28. The van der Waals surface area contributed by atoms with Gasteiger partial charge in [-0.25, -0.2) is 13.4 Å². The maximum Gasteiger partial charge on any atom is 0.232 e. The molecule has 1 atom stereocenters. The van der Waals surface area contributed by atoms with E-state index in [0.29, 0.717) is 12.2 Å². The minimum Gasteiger partial charge on any atom is -0.267 e. The molecule has 4 rings (SSSR count). The van der Waals surface area contributed by atoms with Crippen molar-refractivity contribution in [2.75, 3.05) is 16.3 Å². The standard InChI is InChI=1S/C21H24N4O2S2/c1-13-6-5-7-14(2)20(13)22-21-24-23-18(12-28-21)16-8-9-19-17(11-16)10-15(3)25(19)29(4,26)27/h5-9,11,15H,10,12H2,1-4H3,(H,22,24)/t15-/m1/s1. The lowest BCUT2D eigenvalue weighted by Crippen LogP contribution is -2.34. The number of anilines is 1. The van der Waals surface area contributed by atoms with Crippen LogP contribution in [0.4, 0.5) is 11.4 Å². The molecule has 0 spiro atoms. The molecular weight excluding hydrogens is 404 g/mol. The summed E-state index contributed by atoms with van der Waals surface area (Å²) in [4.78, 5) is 4.74. The van der Waals surface area contributed by atoms with Crippen LogP contribution in [0.1, 0.15) is 29.2 Å². The van der Waals surface area contributed by atoms with Gasteiger partial charge in [0.05, 0.1) is 23.3 Å². The van der Waals surface area contributed by atoms with E-state index < -0.39 is 10.0 Å². The predicted molar refractivity (Wildman–Crippen MR) is 122 cm³/mol. The number of nitrogens with one attached hydrogen (secondary N) is 1. The molecule has 29 heavy (non-hydrogen) atoms. The number of benzene rings is 2. The molecule has 0 bridgehead atoms. The van der Waals surface area contributed by atoms with Gasteiger partial charge in [-0.1, -0.05) is 36.0 Å². The molecule has 2 heterocycles. The fraction of sp³-hybridized carbons (Fsp3) is 0.333. The summed E-state index contributed by atoms with van der Waals surface area (Å²) in [6.07, 6.45) is 1.97. The number of sulfonamides is 1. The highest BCUT2D eigenvalue weighted by atomic mass is 32.2. The van der Waals surface area contributed by atoms with Gasteiger partial charge < -0.3 is 0 Å². The summed E-state index contributed by atoms with van der Waals surface area (Å²) < 4.78 is 25.7. The molecule has 0 unspecified atom stereocenters. The number of para-hydroxylation sites is 1. The summed E-state index contributed by atoms with van der Waals surface area (Å²) in [5, 5.41) is 5.31. The zero-order valence-corrected chi connectivity index (χ0v) is 18.6. The third-order valence-electron chi connectivity index (χ3n) is 5.21. The van der Waals surface area contributed by atoms with Gasteiger partial charge in [0.15, 0.2) is 5.17 Å². The van der Waals surface area contributed by atoms with Crippen molar-refractivity contribution in [3.05, 3.63) is 58.7 Å². The Kier molecular flexibility index (Phi) is 5.16. The molecule has 0 fully saturated rings. The van der Waals surface area contributed by atoms with E-state index in [1.54, 1.807) is 11.8 Å². The van der Waals surface area contributed by atoms with E-state index in [2.05, 4.69) is 42.6 Å². The number of hydrazone groups is 1. The summed E-state index contributed by atoms with van der Waals surface area (Å²) in [6, 6.07) is 12.0. The lowest BCUT2D eigenvalue weighted by atomic mass is 10.0. The summed E-state index contributed by atoms with van der Waals surface area (Å²) in [6.45, 7) is 6.05. The van der Waals surface area contributed by atoms with Crippen molar-refractivity contribution in [2.45, 2.75) is 33.2 Å². The summed E-state index contributed by atoms with van der Waals surface area (Å²) >= 11 is 1.62. The van der Waals surface area contributed by atoms with Crippen LogP contribution < -0.4 is 9.73 Å². The van der Waals surface area contributed by atoms with Crippen LogP contribution in [0.5, 0.6) is 0 Å². The van der Waals surface area contributed by atoms with Crippen molar-refractivity contribution < 1.29 is 8.42 Å². The van der Waals surface area contributed by atoms with E-state index in [4.69, 9.17) is 4.99 Å². The monoisotopic (exact) mass is 428 g/mol. The van der Waals surface area contributed by atoms with E-state index in [1.165, 1.54) is 10.6 Å². The lowest BCUT2D eigenvalue weighted by molar-refractivity contribution is 0.590. The van der Waals surface area contributed by atoms with E-state index in [1.807, 2.05) is 25.1 Å². The van der Waals surface area contributed by atoms with Crippen molar-refractivity contribution in [2.24, 2.45) is 10.1 Å². The molecular formula is C21H24N4O2S2. The van der Waals surface area contributed by atoms with E-state index in [9.17, 15) is 8.42 Å². The fourth-order valence-corrected chi connectivity index (χ4v) is 5.93. The number of nitrogens with zero attached hydrogens (tertiary/aromatic N) is 3. The van der Waals surface area contributed by atoms with Gasteiger partial charge in [-0.3, -0.25) is 9.73 Å². The molecule has 2 aliphatic rings. The highest BCUT2D eigenvalue weighted by Gasteiger charge is 2.32. The quantitative estimate of drug-likeness (QED) is 0.808. The molecule has 0 aliphatic carbocycles. The van der Waals surface area contributed by atoms with E-state index >= 15 is 0 Å². The Balaban J connectivity index is 1.58. The number of hydrogen-bond donors (Lipinski definition) is 1. The zero-order valence-electron chi connectivity index (χ0n) is 16.9. The molecule has 2 aromatic rings. The molecule has 152 valence electrons. The van der Waals surface area contributed by atoms with Gasteiger partial charge in [0.2, 0.25) is 10.0 Å². The van der Waals surface area contributed by atoms with Gasteiger partial charge in [-0.15, -0.1) is 0 Å². The van der Waals surface area contributed by atoms with E-state index in [-0.39, 0.29) is 6.04 Å². The van der Waals surface area contributed by atoms with Crippen LogP contribution in [0.2, 0.25) is 0 Å². The number of fused-ring (bicyclic) bond motifs is 1. The molecule has 2 aromatic carbocycles. The van der Waals surface area contributed by atoms with Crippen molar-refractivity contribution >= 4 is 44.0 Å². The molecule has 8 heteroatoms. The molecule has 2 aliphatic heterocycles. The molecule has 0 saturated carbocycles. The smallest absolute Gasteiger partial charge is 0.232 e. The first kappa shape index (κ1) is 20.0. The van der Waals surface area contributed by atoms with Gasteiger partial charge in [-0.2, -0.15) is 5.10 Å². The Morgan fingerprint density at radius 3 is 2.55 bits per heavy atom. The van der Waals surface area contributed by atoms with Crippen LogP contribution in [0.25, 0.3) is 0 Å². The molecule has 6 nitrogen and oxygen atoms in total. The van der Waals surface area contributed by atoms with Gasteiger partial charge in [-0.05, 0) is 61.6 Å². The van der Waals surface area contributed by atoms with Crippen LogP contribution in [0.15, 0.2) is 46.5 Å². The zero-order chi connectivity index (χ0) is 20.8. The molecule has 0 aromatic heterocycles. The first-order chi connectivity index (χ1) is 13.7. The Labute approximate surface area is 176 Å². The number of rotatable bonds is 3. The molecule has 0 radical (unpaired) electrons. The summed E-state index contributed by atoms with van der Waals surface area (Å²) in [5.41, 5.74) is 10.1. The van der Waals surface area contributed by atoms with Crippen LogP contribution >= 0.6 is 11.8 Å². The van der Waals surface area contributed by atoms with Crippen LogP contribution in [0, 0.1) is 13.8 Å². The van der Waals surface area contributed by atoms with Crippen LogP contribution in [0.3, 0.4) is 0 Å². The van der Waals surface area contributed by atoms with Gasteiger partial charge in [0, 0.05) is 11.8 Å². The van der Waals surface area contributed by atoms with Crippen molar-refractivity contribution in [1.29, 1.82) is 0 Å². The minimum absolute atomic E-state index is 0.0628. The normalized spacial score (nSPS) is 20.4. The summed E-state index contributed by atoms with van der Waals surface area (Å²) in [7, 11) is -3.28. The highest BCUT2D eigenvalue weighted by Crippen LogP contribution is 2.35. The topological polar surface area (TPSA) is 74.1 Å². The van der Waals surface area contributed by atoms with Crippen molar-refractivity contribution in [3.8, 4) is 0 Å². The Morgan fingerprint density at radius 1 is 1.21 bits per heavy atom. The van der Waals surface area contributed by atoms with Crippen molar-refractivity contribution in [1.82, 2.24) is 5.43 Å². The number of hydrogen-bond acceptors (Lipinski definition) is 5. The highest BCUT2D eigenvalue weighted by molar-refractivity contribution is 8.14. The predicted octanol–water partition coefficient (Wildman–Crippen LogP) is 3.74. The third kappa shape index (κ3) is 3.91. The molecule has 1 N–H and O–H groups in total. The average Bonchev–Trinajstić information content (AvgIpc) is 3.00. The maximum atomic E-state index is 12.1. The van der Waals surface area contributed by atoms with Crippen molar-refractivity contribution in [3.63, 3.8) is 0 Å². The van der Waals surface area contributed by atoms with Gasteiger partial charge in [0.25, 0.3) is 0 Å². The Hall–Kier alpha value is -2.32. The number of amidine groups is 1. The second-order valence-electron chi connectivity index (χ2n) is 7.57. The fourth-order valence-electron chi connectivity index (χ4n) is 3.89. The third-order valence-corrected chi connectivity index (χ3v) is 7.35. The van der Waals surface area contributed by atoms with Crippen LogP contribution in [-0.4, -0.2) is 37.3 Å². The SMILES string of the molecule is Cc1cccc(C)c1N=C1NN=C(c2ccc3c(c2)C[C@@H](C)N3S(C)(=O)=O)CS1. The Morgan fingerprint density at radius 2 is 1.93 bits per heavy atom. The second kappa shape index (κ2) is 7.50.